The lowest BCUT2D eigenvalue weighted by Crippen LogP contribution is -2.66. The van der Waals surface area contributed by atoms with Gasteiger partial charge in [0.25, 0.3) is 0 Å². The van der Waals surface area contributed by atoms with Crippen LogP contribution in [0.1, 0.15) is 387 Å². The number of hydrogen-bond donors (Lipinski definition) is 3. The Morgan fingerprint density at radius 3 is 0.841 bits per heavy atom. The number of allylic oxidation sites excluding steroid dienone is 2. The summed E-state index contributed by atoms with van der Waals surface area (Å²) in [6, 6.07) is 0. The lowest BCUT2D eigenvalue weighted by atomic mass is 9.80. The van der Waals surface area contributed by atoms with Gasteiger partial charge in [-0.3, -0.25) is 19.2 Å². The van der Waals surface area contributed by atoms with E-state index in [1.54, 1.807) is 0 Å². The van der Waals surface area contributed by atoms with Crippen molar-refractivity contribution in [1.29, 1.82) is 0 Å². The number of hydrogen-bond acceptors (Lipinski definition) is 10. The summed E-state index contributed by atoms with van der Waals surface area (Å²) in [5.41, 5.74) is -2.81. The summed E-state index contributed by atoms with van der Waals surface area (Å²) >= 11 is 0. The summed E-state index contributed by atoms with van der Waals surface area (Å²) in [5.74, 6) is -2.84. The van der Waals surface area contributed by atoms with E-state index < -0.39 is 60.8 Å². The van der Waals surface area contributed by atoms with Crippen LogP contribution in [-0.2, 0) is 33.4 Å². The van der Waals surface area contributed by atoms with Crippen LogP contribution in [0, 0.1) is 0 Å². The number of carbonyl (C=O) groups excluding carboxylic acids is 4. The first-order valence-corrected chi connectivity index (χ1v) is 35.9. The fourth-order valence-electron chi connectivity index (χ4n) is 11.5. The third-order valence-electron chi connectivity index (χ3n) is 17.0. The number of aliphatic hydroxyl groups is 3. The second kappa shape index (κ2) is 61.8. The van der Waals surface area contributed by atoms with Crippen LogP contribution >= 0.6 is 0 Å². The van der Waals surface area contributed by atoms with Crippen molar-refractivity contribution in [2.24, 2.45) is 0 Å². The van der Waals surface area contributed by atoms with Gasteiger partial charge >= 0.3 is 17.9 Å². The van der Waals surface area contributed by atoms with Gasteiger partial charge in [-0.2, -0.15) is 0 Å². The highest BCUT2D eigenvalue weighted by Crippen LogP contribution is 2.31. The van der Waals surface area contributed by atoms with Crippen LogP contribution < -0.4 is 0 Å². The molecular weight excluding hydrogens is 1020 g/mol. The van der Waals surface area contributed by atoms with Gasteiger partial charge in [0.2, 0.25) is 5.60 Å². The van der Waals surface area contributed by atoms with E-state index in [0.717, 1.165) is 109 Å². The van der Waals surface area contributed by atoms with Crippen LogP contribution in [0.3, 0.4) is 0 Å². The highest BCUT2D eigenvalue weighted by molar-refractivity contribution is 5.89. The Bertz CT molecular complexity index is 1430. The van der Waals surface area contributed by atoms with Gasteiger partial charge in [0.15, 0.2) is 24.1 Å². The second-order valence-corrected chi connectivity index (χ2v) is 24.8. The van der Waals surface area contributed by atoms with Crippen LogP contribution in [0.2, 0.25) is 0 Å². The molecule has 2 unspecified atom stereocenters. The van der Waals surface area contributed by atoms with Crippen molar-refractivity contribution >= 4 is 23.7 Å². The molecule has 0 aromatic heterocycles. The van der Waals surface area contributed by atoms with E-state index in [1.807, 2.05) is 0 Å². The summed E-state index contributed by atoms with van der Waals surface area (Å²) in [6.45, 7) is 7.16. The molecule has 0 rings (SSSR count). The minimum atomic E-state index is -2.81. The third-order valence-corrected chi connectivity index (χ3v) is 17.0. The topological polar surface area (TPSA) is 157 Å². The van der Waals surface area contributed by atoms with Gasteiger partial charge in [0.1, 0.15) is 0 Å². The van der Waals surface area contributed by atoms with Gasteiger partial charge in [0.05, 0.1) is 13.2 Å². The monoisotopic (exact) mass is 1160 g/mol. The maximum Gasteiger partial charge on any atom is 0.306 e. The molecule has 0 aromatic carbocycles. The maximum atomic E-state index is 14.7. The molecule has 0 aliphatic heterocycles. The number of Topliss-reactive ketones (excluding diaryl/α,β-unsaturated/α-hetero) is 1. The van der Waals surface area contributed by atoms with E-state index in [9.17, 15) is 34.5 Å². The predicted octanol–water partition coefficient (Wildman–Crippen LogP) is 20.5. The molecule has 0 amide bonds. The Kier molecular flexibility index (Phi) is 60.0. The minimum absolute atomic E-state index is 0.0124. The van der Waals surface area contributed by atoms with E-state index in [4.69, 9.17) is 14.2 Å². The number of ether oxygens (including phenoxy) is 3. The fraction of sp³-hybridized carbons (Fsp3) is 0.917. The van der Waals surface area contributed by atoms with Crippen molar-refractivity contribution in [3.63, 3.8) is 0 Å². The van der Waals surface area contributed by atoms with Crippen LogP contribution in [0.15, 0.2) is 12.2 Å². The molecule has 0 spiro atoms. The second-order valence-electron chi connectivity index (χ2n) is 24.8. The Morgan fingerprint density at radius 2 is 0.561 bits per heavy atom. The quantitative estimate of drug-likeness (QED) is 0.0232. The van der Waals surface area contributed by atoms with Crippen LogP contribution in [-0.4, -0.2) is 76.1 Å². The maximum absolute atomic E-state index is 14.7. The zero-order chi connectivity index (χ0) is 60.1. The SMILES string of the molecule is CCCCCCCC/C=C\CCCCCCCC(=O)O[C@@H](CO)C(O)(C(=O)CCCCCCCCCCCCCCC)C(OC(=O)CCCCCCCCCCCCCCC)[C@H](CO)OC(=O)CCCCCCCCCCCCCCC. The molecule has 10 heteroatoms. The zero-order valence-electron chi connectivity index (χ0n) is 54.6. The summed E-state index contributed by atoms with van der Waals surface area (Å²) in [7, 11) is 0. The summed E-state index contributed by atoms with van der Waals surface area (Å²) in [5, 5.41) is 34.9. The van der Waals surface area contributed by atoms with Gasteiger partial charge in [-0.25, -0.2) is 0 Å². The van der Waals surface area contributed by atoms with Crippen molar-refractivity contribution in [2.45, 2.75) is 411 Å². The average Bonchev–Trinajstić information content (AvgIpc) is 3.56. The number of carbonyl (C=O) groups is 4. The molecule has 10 nitrogen and oxygen atoms in total. The van der Waals surface area contributed by atoms with E-state index >= 15 is 0 Å². The largest absolute Gasteiger partial charge is 0.456 e. The molecule has 0 heterocycles. The molecule has 0 radical (unpaired) electrons. The zero-order valence-corrected chi connectivity index (χ0v) is 54.6. The Labute approximate surface area is 506 Å². The van der Waals surface area contributed by atoms with Gasteiger partial charge in [-0.1, -0.05) is 322 Å². The van der Waals surface area contributed by atoms with E-state index in [-0.39, 0.29) is 25.7 Å². The van der Waals surface area contributed by atoms with Gasteiger partial charge < -0.3 is 29.5 Å². The summed E-state index contributed by atoms with van der Waals surface area (Å²) in [4.78, 5) is 55.8. The minimum Gasteiger partial charge on any atom is -0.456 e. The fourth-order valence-corrected chi connectivity index (χ4v) is 11.5. The molecule has 0 aliphatic rings. The Morgan fingerprint density at radius 1 is 0.317 bits per heavy atom. The van der Waals surface area contributed by atoms with Crippen LogP contribution in [0.5, 0.6) is 0 Å². The molecule has 0 aliphatic carbocycles. The van der Waals surface area contributed by atoms with Gasteiger partial charge in [0, 0.05) is 25.7 Å². The first-order chi connectivity index (χ1) is 40.2. The number of ketones is 1. The first-order valence-electron chi connectivity index (χ1n) is 35.9. The summed E-state index contributed by atoms with van der Waals surface area (Å²) in [6.07, 6.45) is 57.5. The molecule has 484 valence electrons. The standard InChI is InChI=1S/C72H136O10/c1-5-9-13-17-21-25-29-33-34-38-42-45-49-53-57-61-69(77)81-67(64-74)72(79,66(75)59-55-51-47-43-39-35-30-26-22-18-14-10-6-2)71(82-70(78)62-58-54-50-46-41-37-32-28-24-20-16-12-8-4)65(63-73)80-68(76)60-56-52-48-44-40-36-31-27-23-19-15-11-7-3/h33-34,65,67,71,73-74,79H,5-32,35-64H2,1-4H3/b34-33-/t65-,67-,71?,72?/m0/s1. The first kappa shape index (κ1) is 79.7. The lowest BCUT2D eigenvalue weighted by molar-refractivity contribution is -0.223. The van der Waals surface area contributed by atoms with Crippen molar-refractivity contribution < 1.29 is 48.7 Å². The molecule has 4 atom stereocenters. The van der Waals surface area contributed by atoms with Gasteiger partial charge in [-0.15, -0.1) is 0 Å². The van der Waals surface area contributed by atoms with Crippen molar-refractivity contribution in [2.75, 3.05) is 13.2 Å². The van der Waals surface area contributed by atoms with Crippen molar-refractivity contribution in [3.8, 4) is 0 Å². The lowest BCUT2D eigenvalue weighted by Gasteiger charge is -2.41. The number of aliphatic hydroxyl groups excluding tert-OH is 2. The van der Waals surface area contributed by atoms with E-state index in [2.05, 4.69) is 39.8 Å². The number of esters is 3. The molecule has 0 saturated heterocycles. The Balaban J connectivity index is 6.02. The molecular formula is C72H136O10. The van der Waals surface area contributed by atoms with Gasteiger partial charge in [-0.05, 0) is 51.4 Å². The number of unbranched alkanes of at least 4 members (excludes halogenated alkanes) is 47. The highest BCUT2D eigenvalue weighted by Gasteiger charge is 2.57. The molecule has 0 aromatic rings. The smallest absolute Gasteiger partial charge is 0.306 e. The normalized spacial score (nSPS) is 13.5. The molecule has 0 saturated carbocycles. The third kappa shape index (κ3) is 47.9. The van der Waals surface area contributed by atoms with Crippen LogP contribution in [0.4, 0.5) is 0 Å². The number of rotatable bonds is 66. The van der Waals surface area contributed by atoms with E-state index in [0.29, 0.717) is 25.7 Å². The predicted molar refractivity (Wildman–Crippen MR) is 344 cm³/mol. The average molecular weight is 1160 g/mol. The molecule has 0 bridgehead atoms. The highest BCUT2D eigenvalue weighted by atomic mass is 16.6. The van der Waals surface area contributed by atoms with Crippen molar-refractivity contribution in [1.82, 2.24) is 0 Å². The Hall–Kier alpha value is -2.30. The molecule has 3 N–H and O–H groups in total. The molecule has 82 heavy (non-hydrogen) atoms. The molecule has 0 fully saturated rings. The van der Waals surface area contributed by atoms with Crippen LogP contribution in [0.25, 0.3) is 0 Å². The van der Waals surface area contributed by atoms with Crippen molar-refractivity contribution in [3.05, 3.63) is 12.2 Å². The summed E-state index contributed by atoms with van der Waals surface area (Å²) < 4.78 is 17.7. The van der Waals surface area contributed by atoms with E-state index in [1.165, 1.54) is 199 Å².